The fourth-order valence-corrected chi connectivity index (χ4v) is 0.890. The molecule has 8 heteroatoms. The second-order valence-corrected chi connectivity index (χ2v) is 2.97. The Bertz CT molecular complexity index is 357. The molecule has 1 rings (SSSR count). The van der Waals surface area contributed by atoms with E-state index >= 15 is 0 Å². The number of carbonyl (C=O) groups is 1. The zero-order valence-electron chi connectivity index (χ0n) is 7.74. The number of rotatable bonds is 3. The highest BCUT2D eigenvalue weighted by atomic mass is 19.4. The minimum Gasteiger partial charge on any atom is -0.367 e. The quantitative estimate of drug-likeness (QED) is 0.780. The number of hydrogen-bond acceptors (Lipinski definition) is 1. The van der Waals surface area contributed by atoms with Crippen LogP contribution >= 0.6 is 0 Å². The first-order valence-electron chi connectivity index (χ1n) is 4.09. The van der Waals surface area contributed by atoms with Crippen LogP contribution in [-0.4, -0.2) is 23.0 Å². The van der Waals surface area contributed by atoms with E-state index in [0.29, 0.717) is 5.56 Å². The molecule has 0 aromatic carbocycles. The molecule has 0 aliphatic heterocycles. The molecule has 1 amide bonds. The summed E-state index contributed by atoms with van der Waals surface area (Å²) in [4.78, 5) is 13.2. The van der Waals surface area contributed by atoms with Gasteiger partial charge in [-0.1, -0.05) is 0 Å². The van der Waals surface area contributed by atoms with Crippen molar-refractivity contribution in [2.24, 2.45) is 0 Å². The van der Waals surface area contributed by atoms with Crippen molar-refractivity contribution in [1.29, 1.82) is 0 Å². The molecule has 0 fully saturated rings. The summed E-state index contributed by atoms with van der Waals surface area (Å²) in [5.41, 5.74) is 0.395. The summed E-state index contributed by atoms with van der Waals surface area (Å²) in [7, 11) is 0. The second kappa shape index (κ2) is 4.11. The molecule has 16 heavy (non-hydrogen) atoms. The minimum atomic E-state index is -5.88. The molecule has 3 nitrogen and oxygen atoms in total. The molecular formula is C8H7F5N2O. The number of hydrogen-bond donors (Lipinski definition) is 2. The van der Waals surface area contributed by atoms with Crippen molar-refractivity contribution in [2.75, 3.05) is 0 Å². The van der Waals surface area contributed by atoms with E-state index in [1.54, 1.807) is 0 Å². The molecule has 90 valence electrons. The van der Waals surface area contributed by atoms with Crippen molar-refractivity contribution in [3.63, 3.8) is 0 Å². The number of aromatic nitrogens is 1. The summed E-state index contributed by atoms with van der Waals surface area (Å²) in [5, 5.41) is 1.50. The molecule has 0 atom stereocenters. The highest BCUT2D eigenvalue weighted by Crippen LogP contribution is 2.35. The van der Waals surface area contributed by atoms with Crippen LogP contribution in [0.1, 0.15) is 5.56 Å². The lowest BCUT2D eigenvalue weighted by Crippen LogP contribution is -2.50. The smallest absolute Gasteiger partial charge is 0.367 e. The van der Waals surface area contributed by atoms with E-state index in [1.807, 2.05) is 0 Å². The molecular weight excluding hydrogens is 235 g/mol. The normalized spacial score (nSPS) is 12.6. The lowest BCUT2D eigenvalue weighted by Gasteiger charge is -2.18. The van der Waals surface area contributed by atoms with Gasteiger partial charge in [-0.15, -0.1) is 0 Å². The predicted octanol–water partition coefficient (Wildman–Crippen LogP) is 1.83. The van der Waals surface area contributed by atoms with Gasteiger partial charge < -0.3 is 10.3 Å². The summed E-state index contributed by atoms with van der Waals surface area (Å²) in [6.07, 6.45) is -3.06. The number of halogens is 5. The maximum Gasteiger partial charge on any atom is 0.463 e. The van der Waals surface area contributed by atoms with E-state index in [2.05, 4.69) is 4.98 Å². The molecule has 0 bridgehead atoms. The Labute approximate surface area is 86.6 Å². The van der Waals surface area contributed by atoms with Gasteiger partial charge in [0.15, 0.2) is 0 Å². The summed E-state index contributed by atoms with van der Waals surface area (Å²) in [5.74, 6) is -7.73. The molecule has 1 aromatic rings. The molecule has 0 saturated carbocycles. The van der Waals surface area contributed by atoms with Crippen molar-refractivity contribution < 1.29 is 26.7 Å². The number of alkyl halides is 5. The van der Waals surface area contributed by atoms with Gasteiger partial charge in [0, 0.05) is 18.9 Å². The molecule has 1 heterocycles. The fraction of sp³-hybridized carbons (Fsp3) is 0.375. The largest absolute Gasteiger partial charge is 0.463 e. The topological polar surface area (TPSA) is 44.9 Å². The minimum absolute atomic E-state index is 0.395. The van der Waals surface area contributed by atoms with Gasteiger partial charge in [0.25, 0.3) is 0 Å². The zero-order valence-corrected chi connectivity index (χ0v) is 7.74. The van der Waals surface area contributed by atoms with E-state index in [0.717, 1.165) is 0 Å². The number of amides is 1. The number of carbonyl (C=O) groups excluding carboxylic acids is 1. The van der Waals surface area contributed by atoms with Gasteiger partial charge in [-0.25, -0.2) is 0 Å². The molecule has 0 aliphatic rings. The number of nitrogens with one attached hydrogen (secondary N) is 2. The van der Waals surface area contributed by atoms with Crippen LogP contribution in [0, 0.1) is 0 Å². The first-order valence-corrected chi connectivity index (χ1v) is 4.09. The third-order valence-electron chi connectivity index (χ3n) is 1.76. The summed E-state index contributed by atoms with van der Waals surface area (Å²) < 4.78 is 60.0. The SMILES string of the molecule is O=C(NCc1cc[nH]c1)C(F)(F)C(F)(F)F. The standard InChI is InChI=1S/C8H7F5N2O/c9-7(10,8(11,12)13)6(16)15-4-5-1-2-14-3-5/h1-3,14H,4H2,(H,15,16). The highest BCUT2D eigenvalue weighted by Gasteiger charge is 2.63. The second-order valence-electron chi connectivity index (χ2n) is 2.97. The van der Waals surface area contributed by atoms with Gasteiger partial charge in [-0.05, 0) is 11.6 Å². The van der Waals surface area contributed by atoms with Crippen LogP contribution in [0.3, 0.4) is 0 Å². The average Bonchev–Trinajstić information content (AvgIpc) is 2.64. The van der Waals surface area contributed by atoms with Gasteiger partial charge in [-0.3, -0.25) is 4.79 Å². The van der Waals surface area contributed by atoms with Crippen LogP contribution < -0.4 is 5.32 Å². The van der Waals surface area contributed by atoms with Gasteiger partial charge in [0.1, 0.15) is 0 Å². The van der Waals surface area contributed by atoms with Gasteiger partial charge >= 0.3 is 18.0 Å². The van der Waals surface area contributed by atoms with Crippen molar-refractivity contribution >= 4 is 5.91 Å². The van der Waals surface area contributed by atoms with Crippen LogP contribution in [-0.2, 0) is 11.3 Å². The van der Waals surface area contributed by atoms with Crippen molar-refractivity contribution in [3.8, 4) is 0 Å². The first-order chi connectivity index (χ1) is 7.25. The van der Waals surface area contributed by atoms with E-state index in [9.17, 15) is 26.7 Å². The first kappa shape index (κ1) is 12.5. The van der Waals surface area contributed by atoms with Crippen molar-refractivity contribution in [3.05, 3.63) is 24.0 Å². The fourth-order valence-electron chi connectivity index (χ4n) is 0.890. The monoisotopic (exact) mass is 242 g/mol. The van der Waals surface area contributed by atoms with E-state index in [4.69, 9.17) is 0 Å². The Kier molecular flexibility index (Phi) is 3.20. The van der Waals surface area contributed by atoms with Crippen LogP contribution in [0.4, 0.5) is 22.0 Å². The van der Waals surface area contributed by atoms with Crippen molar-refractivity contribution in [1.82, 2.24) is 10.3 Å². The maximum atomic E-state index is 12.4. The average molecular weight is 242 g/mol. The maximum absolute atomic E-state index is 12.4. The van der Waals surface area contributed by atoms with E-state index in [-0.39, 0.29) is 0 Å². The lowest BCUT2D eigenvalue weighted by molar-refractivity contribution is -0.269. The predicted molar refractivity (Wildman–Crippen MR) is 43.6 cm³/mol. The molecule has 2 N–H and O–H groups in total. The zero-order chi connectivity index (χ0) is 12.4. The highest BCUT2D eigenvalue weighted by molar-refractivity contribution is 5.84. The molecule has 0 saturated heterocycles. The third-order valence-corrected chi connectivity index (χ3v) is 1.76. The summed E-state index contributed by atoms with van der Waals surface area (Å²) in [6.45, 7) is -0.395. The number of aromatic amines is 1. The van der Waals surface area contributed by atoms with Gasteiger partial charge in [0.2, 0.25) is 0 Å². The molecule has 0 unspecified atom stereocenters. The van der Waals surface area contributed by atoms with Crippen LogP contribution in [0.2, 0.25) is 0 Å². The molecule has 0 spiro atoms. The molecule has 0 radical (unpaired) electrons. The van der Waals surface area contributed by atoms with Crippen LogP contribution in [0.15, 0.2) is 18.5 Å². The van der Waals surface area contributed by atoms with E-state index in [1.165, 1.54) is 23.8 Å². The molecule has 0 aliphatic carbocycles. The Hall–Kier alpha value is -1.60. The van der Waals surface area contributed by atoms with Crippen LogP contribution in [0.5, 0.6) is 0 Å². The Morgan fingerprint density at radius 1 is 1.31 bits per heavy atom. The van der Waals surface area contributed by atoms with Crippen LogP contribution in [0.25, 0.3) is 0 Å². The van der Waals surface area contributed by atoms with E-state index < -0.39 is 24.6 Å². The summed E-state index contributed by atoms with van der Waals surface area (Å²) >= 11 is 0. The Balaban J connectivity index is 2.59. The Morgan fingerprint density at radius 3 is 2.38 bits per heavy atom. The molecule has 1 aromatic heterocycles. The van der Waals surface area contributed by atoms with Crippen molar-refractivity contribution in [2.45, 2.75) is 18.6 Å². The number of H-pyrrole nitrogens is 1. The lowest BCUT2D eigenvalue weighted by atomic mass is 10.3. The van der Waals surface area contributed by atoms with Gasteiger partial charge in [0.05, 0.1) is 0 Å². The Morgan fingerprint density at radius 2 is 1.94 bits per heavy atom. The third kappa shape index (κ3) is 2.50. The van der Waals surface area contributed by atoms with Gasteiger partial charge in [-0.2, -0.15) is 22.0 Å². The summed E-state index contributed by atoms with van der Waals surface area (Å²) in [6, 6.07) is 1.44.